The van der Waals surface area contributed by atoms with Gasteiger partial charge in [0.1, 0.15) is 0 Å². The molecule has 4 heteroatoms. The second-order valence-corrected chi connectivity index (χ2v) is 6.77. The standard InChI is InChI=1S/C15H25N3S/c1-2-8-18(7-1)14-5-9-17(13-14)10-6-16-12-15-4-3-11-19-15/h3-4,11,14,16H,1-2,5-10,12-13H2. The van der Waals surface area contributed by atoms with Crippen LogP contribution in [-0.4, -0.2) is 55.1 Å². The van der Waals surface area contributed by atoms with Crippen molar-refractivity contribution in [2.75, 3.05) is 39.3 Å². The summed E-state index contributed by atoms with van der Waals surface area (Å²) < 4.78 is 0. The van der Waals surface area contributed by atoms with Crippen LogP contribution >= 0.6 is 11.3 Å². The summed E-state index contributed by atoms with van der Waals surface area (Å²) in [6.45, 7) is 8.62. The Morgan fingerprint density at radius 3 is 2.95 bits per heavy atom. The summed E-state index contributed by atoms with van der Waals surface area (Å²) in [5, 5.41) is 5.71. The average molecular weight is 279 g/mol. The number of rotatable bonds is 6. The van der Waals surface area contributed by atoms with Crippen molar-refractivity contribution in [2.45, 2.75) is 31.8 Å². The van der Waals surface area contributed by atoms with E-state index in [4.69, 9.17) is 0 Å². The fourth-order valence-corrected chi connectivity index (χ4v) is 3.96. The minimum atomic E-state index is 0.847. The largest absolute Gasteiger partial charge is 0.311 e. The highest BCUT2D eigenvalue weighted by Crippen LogP contribution is 2.19. The van der Waals surface area contributed by atoms with Gasteiger partial charge in [-0.05, 0) is 50.3 Å². The zero-order valence-corrected chi connectivity index (χ0v) is 12.5. The Morgan fingerprint density at radius 2 is 2.16 bits per heavy atom. The van der Waals surface area contributed by atoms with Gasteiger partial charge in [0.05, 0.1) is 0 Å². The van der Waals surface area contributed by atoms with Crippen LogP contribution in [-0.2, 0) is 6.54 Å². The summed E-state index contributed by atoms with van der Waals surface area (Å²) in [7, 11) is 0. The third-order valence-electron chi connectivity index (χ3n) is 4.39. The zero-order chi connectivity index (χ0) is 12.9. The van der Waals surface area contributed by atoms with E-state index in [-0.39, 0.29) is 0 Å². The van der Waals surface area contributed by atoms with Crippen molar-refractivity contribution in [3.63, 3.8) is 0 Å². The predicted octanol–water partition coefficient (Wildman–Crippen LogP) is 2.01. The fraction of sp³-hybridized carbons (Fsp3) is 0.733. The van der Waals surface area contributed by atoms with Crippen LogP contribution in [0.2, 0.25) is 0 Å². The first kappa shape index (κ1) is 13.6. The number of likely N-dealkylation sites (tertiary alicyclic amines) is 2. The monoisotopic (exact) mass is 279 g/mol. The molecule has 2 fully saturated rings. The average Bonchev–Trinajstić information content (AvgIpc) is 3.15. The molecule has 0 spiro atoms. The highest BCUT2D eigenvalue weighted by atomic mass is 32.1. The summed E-state index contributed by atoms with van der Waals surface area (Å²) >= 11 is 1.84. The van der Waals surface area contributed by atoms with E-state index in [0.29, 0.717) is 0 Å². The van der Waals surface area contributed by atoms with Gasteiger partial charge < -0.3 is 10.2 Å². The molecule has 1 atom stereocenters. The van der Waals surface area contributed by atoms with Crippen LogP contribution < -0.4 is 5.32 Å². The van der Waals surface area contributed by atoms with Crippen LogP contribution in [0, 0.1) is 0 Å². The Morgan fingerprint density at radius 1 is 1.26 bits per heavy atom. The molecule has 3 heterocycles. The van der Waals surface area contributed by atoms with Crippen molar-refractivity contribution >= 4 is 11.3 Å². The van der Waals surface area contributed by atoms with Crippen molar-refractivity contribution in [3.05, 3.63) is 22.4 Å². The molecule has 2 aliphatic rings. The lowest BCUT2D eigenvalue weighted by Crippen LogP contribution is -2.37. The maximum atomic E-state index is 3.55. The minimum absolute atomic E-state index is 0.847. The molecule has 1 aromatic rings. The summed E-state index contributed by atoms with van der Waals surface area (Å²) in [6.07, 6.45) is 4.21. The molecule has 0 radical (unpaired) electrons. The molecule has 19 heavy (non-hydrogen) atoms. The van der Waals surface area contributed by atoms with Gasteiger partial charge in [-0.25, -0.2) is 0 Å². The topological polar surface area (TPSA) is 18.5 Å². The van der Waals surface area contributed by atoms with Gasteiger partial charge in [0.2, 0.25) is 0 Å². The van der Waals surface area contributed by atoms with E-state index in [9.17, 15) is 0 Å². The summed E-state index contributed by atoms with van der Waals surface area (Å²) in [5.41, 5.74) is 0. The van der Waals surface area contributed by atoms with E-state index in [0.717, 1.165) is 19.1 Å². The summed E-state index contributed by atoms with van der Waals surface area (Å²) in [4.78, 5) is 6.78. The molecule has 0 aliphatic carbocycles. The van der Waals surface area contributed by atoms with Gasteiger partial charge >= 0.3 is 0 Å². The highest BCUT2D eigenvalue weighted by Gasteiger charge is 2.28. The molecule has 1 unspecified atom stereocenters. The highest BCUT2D eigenvalue weighted by molar-refractivity contribution is 7.09. The molecule has 2 aliphatic heterocycles. The molecule has 3 rings (SSSR count). The van der Waals surface area contributed by atoms with Crippen molar-refractivity contribution in [1.29, 1.82) is 0 Å². The number of nitrogens with zero attached hydrogens (tertiary/aromatic N) is 2. The van der Waals surface area contributed by atoms with Crippen LogP contribution in [0.5, 0.6) is 0 Å². The Labute approximate surface area is 120 Å². The molecule has 0 amide bonds. The Kier molecular flexibility index (Phi) is 4.88. The maximum Gasteiger partial charge on any atom is 0.0300 e. The van der Waals surface area contributed by atoms with Gasteiger partial charge in [0.15, 0.2) is 0 Å². The molecule has 0 bridgehead atoms. The molecule has 0 saturated carbocycles. The second-order valence-electron chi connectivity index (χ2n) is 5.74. The van der Waals surface area contributed by atoms with Gasteiger partial charge in [-0.2, -0.15) is 0 Å². The summed E-state index contributed by atoms with van der Waals surface area (Å²) in [5.74, 6) is 0. The van der Waals surface area contributed by atoms with Crippen molar-refractivity contribution < 1.29 is 0 Å². The zero-order valence-electron chi connectivity index (χ0n) is 11.7. The van der Waals surface area contributed by atoms with Crippen molar-refractivity contribution in [3.8, 4) is 0 Å². The first-order valence-electron chi connectivity index (χ1n) is 7.61. The molecule has 1 N–H and O–H groups in total. The SMILES string of the molecule is c1csc(CNCCN2CCC(N3CCCC3)C2)c1. The van der Waals surface area contributed by atoms with Crippen molar-refractivity contribution in [1.82, 2.24) is 15.1 Å². The first-order valence-corrected chi connectivity index (χ1v) is 8.49. The quantitative estimate of drug-likeness (QED) is 0.804. The van der Waals surface area contributed by atoms with E-state index in [1.54, 1.807) is 0 Å². The molecule has 2 saturated heterocycles. The Balaban J connectivity index is 1.31. The van der Waals surface area contributed by atoms with E-state index in [2.05, 4.69) is 32.6 Å². The van der Waals surface area contributed by atoms with E-state index in [1.165, 1.54) is 56.9 Å². The lowest BCUT2D eigenvalue weighted by atomic mass is 10.2. The fourth-order valence-electron chi connectivity index (χ4n) is 3.28. The van der Waals surface area contributed by atoms with Crippen LogP contribution in [0.4, 0.5) is 0 Å². The Hall–Kier alpha value is -0.420. The first-order chi connectivity index (χ1) is 9.42. The predicted molar refractivity (Wildman–Crippen MR) is 81.7 cm³/mol. The van der Waals surface area contributed by atoms with E-state index >= 15 is 0 Å². The van der Waals surface area contributed by atoms with E-state index < -0.39 is 0 Å². The third-order valence-corrected chi connectivity index (χ3v) is 5.27. The number of nitrogens with one attached hydrogen (secondary N) is 1. The summed E-state index contributed by atoms with van der Waals surface area (Å²) in [6, 6.07) is 5.18. The molecule has 1 aromatic heterocycles. The molecular formula is C15H25N3S. The van der Waals surface area contributed by atoms with Crippen LogP contribution in [0.1, 0.15) is 24.1 Å². The second kappa shape index (κ2) is 6.84. The van der Waals surface area contributed by atoms with Gasteiger partial charge in [-0.3, -0.25) is 4.90 Å². The van der Waals surface area contributed by atoms with Gasteiger partial charge in [-0.1, -0.05) is 6.07 Å². The smallest absolute Gasteiger partial charge is 0.0300 e. The Bertz CT molecular complexity index is 359. The van der Waals surface area contributed by atoms with Gasteiger partial charge in [0.25, 0.3) is 0 Å². The normalized spacial score (nSPS) is 25.4. The van der Waals surface area contributed by atoms with Gasteiger partial charge in [0, 0.05) is 37.1 Å². The number of hydrogen-bond acceptors (Lipinski definition) is 4. The number of hydrogen-bond donors (Lipinski definition) is 1. The molecule has 3 nitrogen and oxygen atoms in total. The minimum Gasteiger partial charge on any atom is -0.311 e. The van der Waals surface area contributed by atoms with Crippen LogP contribution in [0.3, 0.4) is 0 Å². The van der Waals surface area contributed by atoms with E-state index in [1.807, 2.05) is 11.3 Å². The van der Waals surface area contributed by atoms with Gasteiger partial charge in [-0.15, -0.1) is 11.3 Å². The lowest BCUT2D eigenvalue weighted by Gasteiger charge is -2.23. The van der Waals surface area contributed by atoms with Crippen LogP contribution in [0.25, 0.3) is 0 Å². The lowest BCUT2D eigenvalue weighted by molar-refractivity contribution is 0.232. The maximum absolute atomic E-state index is 3.55. The molecule has 106 valence electrons. The number of thiophene rings is 1. The van der Waals surface area contributed by atoms with Crippen LogP contribution in [0.15, 0.2) is 17.5 Å². The van der Waals surface area contributed by atoms with Crippen molar-refractivity contribution in [2.24, 2.45) is 0 Å². The third kappa shape index (κ3) is 3.78. The molecular weight excluding hydrogens is 254 g/mol. The molecule has 0 aromatic carbocycles.